The molecule has 0 aromatic heterocycles. The van der Waals surface area contributed by atoms with E-state index in [1.54, 1.807) is 0 Å². The Kier molecular flexibility index (Phi) is 4.69. The van der Waals surface area contributed by atoms with Crippen molar-refractivity contribution < 1.29 is 15.0 Å². The van der Waals surface area contributed by atoms with Crippen molar-refractivity contribution in [2.24, 2.45) is 0 Å². The smallest absolute Gasteiger partial charge is 0.251 e. The van der Waals surface area contributed by atoms with Gasteiger partial charge < -0.3 is 15.5 Å². The minimum absolute atomic E-state index is 0.117. The first-order valence-corrected chi connectivity index (χ1v) is 7.46. The van der Waals surface area contributed by atoms with Crippen molar-refractivity contribution in [1.29, 1.82) is 0 Å². The molecule has 19 heavy (non-hydrogen) atoms. The summed E-state index contributed by atoms with van der Waals surface area (Å²) in [5.41, 5.74) is 0.360. The number of hydrogen-bond acceptors (Lipinski definition) is 3. The summed E-state index contributed by atoms with van der Waals surface area (Å²) in [5.74, 6) is -0.708. The molecule has 0 radical (unpaired) electrons. The Hall–Kier alpha value is -1.23. The molecule has 104 valence electrons. The predicted octanol–water partition coefficient (Wildman–Crippen LogP) is 2.92. The average molecular weight is 328 g/mol. The van der Waals surface area contributed by atoms with Gasteiger partial charge in [0.25, 0.3) is 5.91 Å². The predicted molar refractivity (Wildman–Crippen MR) is 76.8 cm³/mol. The van der Waals surface area contributed by atoms with Crippen molar-refractivity contribution in [2.75, 3.05) is 0 Å². The van der Waals surface area contributed by atoms with Crippen molar-refractivity contribution >= 4 is 21.8 Å². The lowest BCUT2D eigenvalue weighted by Crippen LogP contribution is -2.40. The van der Waals surface area contributed by atoms with E-state index in [2.05, 4.69) is 21.2 Å². The average Bonchev–Trinajstić information content (AvgIpc) is 2.58. The first-order valence-electron chi connectivity index (χ1n) is 6.55. The van der Waals surface area contributed by atoms with E-state index < -0.39 is 0 Å². The number of amides is 1. The zero-order valence-corrected chi connectivity index (χ0v) is 12.2. The first-order chi connectivity index (χ1) is 9.08. The van der Waals surface area contributed by atoms with Crippen LogP contribution in [0.1, 0.15) is 42.5 Å². The molecule has 5 heteroatoms. The van der Waals surface area contributed by atoms with Crippen molar-refractivity contribution in [3.63, 3.8) is 0 Å². The third-order valence-corrected chi connectivity index (χ3v) is 4.58. The fourth-order valence-electron chi connectivity index (χ4n) is 2.34. The summed E-state index contributed by atoms with van der Waals surface area (Å²) in [7, 11) is 0. The third kappa shape index (κ3) is 3.62. The summed E-state index contributed by atoms with van der Waals surface area (Å²) >= 11 is 3.63. The monoisotopic (exact) mass is 327 g/mol. The summed E-state index contributed by atoms with van der Waals surface area (Å²) in [4.78, 5) is 12.4. The molecule has 1 amide bonds. The topological polar surface area (TPSA) is 69.6 Å². The molecule has 0 heterocycles. The van der Waals surface area contributed by atoms with Crippen LogP contribution in [0.3, 0.4) is 0 Å². The number of hydrogen-bond donors (Lipinski definition) is 3. The minimum atomic E-state index is -0.274. The van der Waals surface area contributed by atoms with E-state index in [1.807, 2.05) is 0 Å². The van der Waals surface area contributed by atoms with Gasteiger partial charge in [0.1, 0.15) is 0 Å². The van der Waals surface area contributed by atoms with Crippen LogP contribution < -0.4 is 5.32 Å². The van der Waals surface area contributed by atoms with Gasteiger partial charge in [0, 0.05) is 16.4 Å². The maximum absolute atomic E-state index is 12.1. The normalized spacial score (nSPS) is 23.6. The Morgan fingerprint density at radius 3 is 2.63 bits per heavy atom. The number of nitrogens with one attached hydrogen (secondary N) is 1. The Balaban J connectivity index is 2.05. The summed E-state index contributed by atoms with van der Waals surface area (Å²) in [5, 5.41) is 21.6. The molecule has 0 spiro atoms. The van der Waals surface area contributed by atoms with E-state index in [0.29, 0.717) is 10.4 Å². The van der Waals surface area contributed by atoms with Gasteiger partial charge in [-0.15, -0.1) is 0 Å². The van der Waals surface area contributed by atoms with Gasteiger partial charge in [0.05, 0.1) is 0 Å². The van der Waals surface area contributed by atoms with E-state index in [1.165, 1.54) is 31.0 Å². The number of benzene rings is 1. The molecule has 1 fully saturated rings. The molecule has 2 rings (SSSR count). The van der Waals surface area contributed by atoms with Crippen LogP contribution in [-0.4, -0.2) is 27.0 Å². The molecule has 4 nitrogen and oxygen atoms in total. The second-order valence-corrected chi connectivity index (χ2v) is 6.11. The maximum atomic E-state index is 12.1. The van der Waals surface area contributed by atoms with Crippen LogP contribution in [0.4, 0.5) is 0 Å². The van der Waals surface area contributed by atoms with Crippen molar-refractivity contribution in [1.82, 2.24) is 5.32 Å². The second-order valence-electron chi connectivity index (χ2n) is 4.94. The highest BCUT2D eigenvalue weighted by molar-refractivity contribution is 9.09. The van der Waals surface area contributed by atoms with Gasteiger partial charge in [-0.1, -0.05) is 35.2 Å². The molecule has 0 saturated heterocycles. The van der Waals surface area contributed by atoms with E-state index >= 15 is 0 Å². The third-order valence-electron chi connectivity index (χ3n) is 3.49. The van der Waals surface area contributed by atoms with Gasteiger partial charge >= 0.3 is 0 Å². The number of alkyl halides is 1. The SMILES string of the molecule is O=C(NC1CCCCCC1Br)c1ccc(O)c(O)c1. The lowest BCUT2D eigenvalue weighted by molar-refractivity contribution is 0.0934. The van der Waals surface area contributed by atoms with E-state index in [4.69, 9.17) is 0 Å². The zero-order chi connectivity index (χ0) is 13.8. The van der Waals surface area contributed by atoms with Crippen molar-refractivity contribution in [2.45, 2.75) is 43.0 Å². The molecular formula is C14H18BrNO3. The number of aromatic hydroxyl groups is 2. The number of phenolic OH excluding ortho intramolecular Hbond substituents is 2. The Labute approximate surface area is 121 Å². The Morgan fingerprint density at radius 1 is 1.16 bits per heavy atom. The quantitative estimate of drug-likeness (QED) is 0.444. The van der Waals surface area contributed by atoms with Gasteiger partial charge in [-0.3, -0.25) is 4.79 Å². The van der Waals surface area contributed by atoms with Crippen LogP contribution in [0.25, 0.3) is 0 Å². The fraction of sp³-hybridized carbons (Fsp3) is 0.500. The highest BCUT2D eigenvalue weighted by Crippen LogP contribution is 2.26. The minimum Gasteiger partial charge on any atom is -0.504 e. The number of halogens is 1. The molecule has 1 aromatic rings. The van der Waals surface area contributed by atoms with Crippen molar-refractivity contribution in [3.05, 3.63) is 23.8 Å². The Morgan fingerprint density at radius 2 is 1.89 bits per heavy atom. The number of carbonyl (C=O) groups is 1. The highest BCUT2D eigenvalue weighted by Gasteiger charge is 2.23. The first kappa shape index (κ1) is 14.2. The van der Waals surface area contributed by atoms with Gasteiger partial charge in [-0.05, 0) is 31.0 Å². The van der Waals surface area contributed by atoms with E-state index in [-0.39, 0.29) is 23.4 Å². The molecule has 2 atom stereocenters. The molecule has 0 aliphatic heterocycles. The van der Waals surface area contributed by atoms with Crippen LogP contribution in [0, 0.1) is 0 Å². The maximum Gasteiger partial charge on any atom is 0.251 e. The van der Waals surface area contributed by atoms with Crippen LogP contribution in [-0.2, 0) is 0 Å². The zero-order valence-electron chi connectivity index (χ0n) is 10.6. The lowest BCUT2D eigenvalue weighted by Gasteiger charge is -2.21. The molecule has 1 aromatic carbocycles. The number of rotatable bonds is 2. The van der Waals surface area contributed by atoms with Crippen LogP contribution in [0.2, 0.25) is 0 Å². The van der Waals surface area contributed by atoms with Crippen LogP contribution >= 0.6 is 15.9 Å². The summed E-state index contributed by atoms with van der Waals surface area (Å²) in [6.45, 7) is 0. The highest BCUT2D eigenvalue weighted by atomic mass is 79.9. The van der Waals surface area contributed by atoms with E-state index in [9.17, 15) is 15.0 Å². The standard InChI is InChI=1S/C14H18BrNO3/c15-10-4-2-1-3-5-11(10)16-14(19)9-6-7-12(17)13(18)8-9/h6-8,10-11,17-18H,1-5H2,(H,16,19). The van der Waals surface area contributed by atoms with Crippen molar-refractivity contribution in [3.8, 4) is 11.5 Å². The lowest BCUT2D eigenvalue weighted by atomic mass is 10.1. The number of carbonyl (C=O) groups excluding carboxylic acids is 1. The van der Waals surface area contributed by atoms with Crippen LogP contribution in [0.5, 0.6) is 11.5 Å². The largest absolute Gasteiger partial charge is 0.504 e. The van der Waals surface area contributed by atoms with Gasteiger partial charge in [0.2, 0.25) is 0 Å². The van der Waals surface area contributed by atoms with Gasteiger partial charge in [0.15, 0.2) is 11.5 Å². The molecular weight excluding hydrogens is 310 g/mol. The van der Waals surface area contributed by atoms with E-state index in [0.717, 1.165) is 19.3 Å². The molecule has 1 aliphatic carbocycles. The van der Waals surface area contributed by atoms with Gasteiger partial charge in [-0.25, -0.2) is 0 Å². The fourth-order valence-corrected chi connectivity index (χ4v) is 3.06. The summed E-state index contributed by atoms with van der Waals surface area (Å²) in [6, 6.07) is 4.23. The summed E-state index contributed by atoms with van der Waals surface area (Å²) in [6.07, 6.45) is 5.53. The van der Waals surface area contributed by atoms with Crippen LogP contribution in [0.15, 0.2) is 18.2 Å². The molecule has 2 unspecified atom stereocenters. The molecule has 0 bridgehead atoms. The second kappa shape index (κ2) is 6.28. The molecule has 1 aliphatic rings. The number of phenols is 2. The molecule has 1 saturated carbocycles. The summed E-state index contributed by atoms with van der Waals surface area (Å²) < 4.78 is 0. The molecule has 3 N–H and O–H groups in total. The Bertz CT molecular complexity index is 464. The van der Waals surface area contributed by atoms with Gasteiger partial charge in [-0.2, -0.15) is 0 Å².